The van der Waals surface area contributed by atoms with Gasteiger partial charge in [0, 0.05) is 20.1 Å². The van der Waals surface area contributed by atoms with Crippen LogP contribution in [0.1, 0.15) is 16.7 Å². The van der Waals surface area contributed by atoms with Crippen molar-refractivity contribution in [2.45, 2.75) is 19.5 Å². The smallest absolute Gasteiger partial charge is 0.146 e. The Balaban J connectivity index is 1.86. The normalized spacial score (nSPS) is 13.9. The molecule has 0 bridgehead atoms. The van der Waals surface area contributed by atoms with E-state index in [0.29, 0.717) is 5.69 Å². The van der Waals surface area contributed by atoms with Gasteiger partial charge in [-0.3, -0.25) is 0 Å². The Kier molecular flexibility index (Phi) is 3.70. The molecule has 1 aliphatic heterocycles. The van der Waals surface area contributed by atoms with Gasteiger partial charge in [-0.1, -0.05) is 30.3 Å². The number of hydrogen-bond acceptors (Lipinski definition) is 2. The highest BCUT2D eigenvalue weighted by Gasteiger charge is 2.14. The first-order valence-corrected chi connectivity index (χ1v) is 7.02. The average molecular weight is 270 g/mol. The van der Waals surface area contributed by atoms with Crippen LogP contribution in [0, 0.1) is 5.82 Å². The number of nitrogens with zero attached hydrogens (tertiary/aromatic N) is 1. The summed E-state index contributed by atoms with van der Waals surface area (Å²) in [6.07, 6.45) is 1.05. The summed E-state index contributed by atoms with van der Waals surface area (Å²) in [4.78, 5) is 1.98. The van der Waals surface area contributed by atoms with E-state index in [1.165, 1.54) is 22.8 Å². The Bertz CT molecular complexity index is 610. The van der Waals surface area contributed by atoms with E-state index >= 15 is 0 Å². The van der Waals surface area contributed by atoms with E-state index in [-0.39, 0.29) is 5.82 Å². The second kappa shape index (κ2) is 5.63. The molecule has 104 valence electrons. The Morgan fingerprint density at radius 1 is 1.15 bits per heavy atom. The van der Waals surface area contributed by atoms with E-state index in [2.05, 4.69) is 23.5 Å². The van der Waals surface area contributed by atoms with Crippen molar-refractivity contribution in [2.75, 3.05) is 18.5 Å². The molecule has 0 aromatic heterocycles. The molecule has 0 unspecified atom stereocenters. The van der Waals surface area contributed by atoms with Crippen LogP contribution in [0.2, 0.25) is 0 Å². The van der Waals surface area contributed by atoms with Crippen LogP contribution in [0.3, 0.4) is 0 Å². The first kappa shape index (κ1) is 13.1. The average Bonchev–Trinajstić information content (AvgIpc) is 2.48. The Morgan fingerprint density at radius 3 is 2.85 bits per heavy atom. The van der Waals surface area contributed by atoms with Crippen LogP contribution in [0.5, 0.6) is 0 Å². The third-order valence-corrected chi connectivity index (χ3v) is 3.91. The van der Waals surface area contributed by atoms with Crippen LogP contribution >= 0.6 is 0 Å². The fourth-order valence-corrected chi connectivity index (χ4v) is 2.86. The quantitative estimate of drug-likeness (QED) is 0.922. The number of rotatable bonds is 3. The maximum atomic E-state index is 13.8. The first-order chi connectivity index (χ1) is 9.75. The molecule has 0 saturated carbocycles. The van der Waals surface area contributed by atoms with Crippen LogP contribution in [-0.4, -0.2) is 13.6 Å². The summed E-state index contributed by atoms with van der Waals surface area (Å²) >= 11 is 0. The highest BCUT2D eigenvalue weighted by Crippen LogP contribution is 2.23. The maximum absolute atomic E-state index is 13.8. The fourth-order valence-electron chi connectivity index (χ4n) is 2.86. The lowest BCUT2D eigenvalue weighted by Crippen LogP contribution is -2.26. The largest absolute Gasteiger partial charge is 0.368 e. The zero-order valence-electron chi connectivity index (χ0n) is 11.7. The minimum absolute atomic E-state index is 0.165. The molecule has 20 heavy (non-hydrogen) atoms. The number of para-hydroxylation sites is 1. The van der Waals surface area contributed by atoms with Crippen LogP contribution in [-0.2, 0) is 19.5 Å². The summed E-state index contributed by atoms with van der Waals surface area (Å²) in [7, 11) is 1.94. The van der Waals surface area contributed by atoms with Crippen molar-refractivity contribution in [1.82, 2.24) is 5.32 Å². The zero-order chi connectivity index (χ0) is 13.9. The van der Waals surface area contributed by atoms with Gasteiger partial charge < -0.3 is 10.2 Å². The summed E-state index contributed by atoms with van der Waals surface area (Å²) in [6, 6.07) is 13.4. The summed E-state index contributed by atoms with van der Waals surface area (Å²) < 4.78 is 13.8. The van der Waals surface area contributed by atoms with Crippen molar-refractivity contribution in [1.29, 1.82) is 0 Å². The highest BCUT2D eigenvalue weighted by molar-refractivity contribution is 5.48. The van der Waals surface area contributed by atoms with Gasteiger partial charge in [0.05, 0.1) is 5.69 Å². The van der Waals surface area contributed by atoms with Gasteiger partial charge >= 0.3 is 0 Å². The molecule has 1 heterocycles. The van der Waals surface area contributed by atoms with Gasteiger partial charge in [0.25, 0.3) is 0 Å². The van der Waals surface area contributed by atoms with Crippen molar-refractivity contribution in [3.8, 4) is 0 Å². The molecule has 0 atom stereocenters. The van der Waals surface area contributed by atoms with Crippen molar-refractivity contribution < 1.29 is 4.39 Å². The van der Waals surface area contributed by atoms with Crippen LogP contribution in [0.4, 0.5) is 10.1 Å². The molecule has 1 N–H and O–H groups in total. The van der Waals surface area contributed by atoms with Crippen molar-refractivity contribution in [3.05, 3.63) is 65.0 Å². The Labute approximate surface area is 119 Å². The van der Waals surface area contributed by atoms with E-state index in [0.717, 1.165) is 26.1 Å². The predicted octanol–water partition coefficient (Wildman–Crippen LogP) is 3.11. The van der Waals surface area contributed by atoms with Gasteiger partial charge in [0.2, 0.25) is 0 Å². The molecular weight excluding hydrogens is 251 g/mol. The molecule has 0 amide bonds. The van der Waals surface area contributed by atoms with Gasteiger partial charge in [0.15, 0.2) is 0 Å². The molecule has 3 rings (SSSR count). The number of halogens is 1. The molecule has 2 aromatic carbocycles. The molecular formula is C17H19FN2. The van der Waals surface area contributed by atoms with E-state index in [4.69, 9.17) is 0 Å². The first-order valence-electron chi connectivity index (χ1n) is 7.02. The lowest BCUT2D eigenvalue weighted by molar-refractivity contribution is 0.619. The summed E-state index contributed by atoms with van der Waals surface area (Å²) in [5.74, 6) is -0.165. The minimum atomic E-state index is -0.165. The Morgan fingerprint density at radius 2 is 2.00 bits per heavy atom. The lowest BCUT2D eigenvalue weighted by Gasteiger charge is -2.25. The number of anilines is 1. The molecule has 0 fully saturated rings. The van der Waals surface area contributed by atoms with Crippen LogP contribution < -0.4 is 10.2 Å². The summed E-state index contributed by atoms with van der Waals surface area (Å²) in [5, 5.41) is 3.39. The SMILES string of the molecule is CN(Cc1cccc2c1CCNC2)c1ccccc1F. The third kappa shape index (κ3) is 2.54. The van der Waals surface area contributed by atoms with Gasteiger partial charge in [-0.2, -0.15) is 0 Å². The predicted molar refractivity (Wildman–Crippen MR) is 80.4 cm³/mol. The number of benzene rings is 2. The second-order valence-electron chi connectivity index (χ2n) is 5.29. The summed E-state index contributed by atoms with van der Waals surface area (Å²) in [6.45, 7) is 2.70. The highest BCUT2D eigenvalue weighted by atomic mass is 19.1. The van der Waals surface area contributed by atoms with Crippen molar-refractivity contribution >= 4 is 5.69 Å². The summed E-state index contributed by atoms with van der Waals surface area (Å²) in [5.41, 5.74) is 4.75. The third-order valence-electron chi connectivity index (χ3n) is 3.91. The van der Waals surface area contributed by atoms with E-state index in [9.17, 15) is 4.39 Å². The molecule has 0 saturated heterocycles. The topological polar surface area (TPSA) is 15.3 Å². The number of hydrogen-bond donors (Lipinski definition) is 1. The molecule has 1 aliphatic rings. The van der Waals surface area contributed by atoms with Crippen molar-refractivity contribution in [3.63, 3.8) is 0 Å². The monoisotopic (exact) mass is 270 g/mol. The van der Waals surface area contributed by atoms with Crippen LogP contribution in [0.25, 0.3) is 0 Å². The molecule has 0 spiro atoms. The van der Waals surface area contributed by atoms with Gasteiger partial charge in [-0.05, 0) is 41.8 Å². The van der Waals surface area contributed by atoms with Gasteiger partial charge in [-0.15, -0.1) is 0 Å². The number of nitrogens with one attached hydrogen (secondary N) is 1. The molecule has 2 aromatic rings. The molecule has 3 heteroatoms. The minimum Gasteiger partial charge on any atom is -0.368 e. The molecule has 0 radical (unpaired) electrons. The standard InChI is InChI=1S/C17H19FN2/c1-20(17-8-3-2-7-16(17)18)12-14-6-4-5-13-11-19-10-9-15(13)14/h2-8,19H,9-12H2,1H3. The van der Waals surface area contributed by atoms with E-state index in [1.807, 2.05) is 24.1 Å². The fraction of sp³-hybridized carbons (Fsp3) is 0.294. The molecule has 2 nitrogen and oxygen atoms in total. The molecule has 0 aliphatic carbocycles. The second-order valence-corrected chi connectivity index (χ2v) is 5.29. The maximum Gasteiger partial charge on any atom is 0.146 e. The Hall–Kier alpha value is -1.87. The zero-order valence-corrected chi connectivity index (χ0v) is 11.7. The lowest BCUT2D eigenvalue weighted by atomic mass is 9.95. The number of fused-ring (bicyclic) bond motifs is 1. The van der Waals surface area contributed by atoms with Crippen LogP contribution in [0.15, 0.2) is 42.5 Å². The van der Waals surface area contributed by atoms with Gasteiger partial charge in [-0.25, -0.2) is 4.39 Å². The van der Waals surface area contributed by atoms with E-state index in [1.54, 1.807) is 6.07 Å². The van der Waals surface area contributed by atoms with Crippen molar-refractivity contribution in [2.24, 2.45) is 0 Å². The van der Waals surface area contributed by atoms with E-state index < -0.39 is 0 Å². The van der Waals surface area contributed by atoms with Gasteiger partial charge in [0.1, 0.15) is 5.82 Å².